The molecule has 0 aliphatic heterocycles. The molecule has 0 atom stereocenters. The minimum atomic E-state index is -0.851. The fraction of sp³-hybridized carbons (Fsp3) is 0.538. The van der Waals surface area contributed by atoms with Crippen molar-refractivity contribution in [1.29, 1.82) is 0 Å². The van der Waals surface area contributed by atoms with Crippen LogP contribution in [0, 0.1) is 0 Å². The highest BCUT2D eigenvalue weighted by Crippen LogP contribution is 2.25. The van der Waals surface area contributed by atoms with Gasteiger partial charge >= 0.3 is 5.97 Å². The second-order valence-electron chi connectivity index (χ2n) is 4.30. The Morgan fingerprint density at radius 1 is 1.38 bits per heavy atom. The Morgan fingerprint density at radius 2 is 2.12 bits per heavy atom. The molecule has 0 saturated carbocycles. The highest BCUT2D eigenvalue weighted by atomic mass is 16.4. The molecule has 0 spiro atoms. The number of fused-ring (bicyclic) bond motifs is 1. The molecule has 3 heteroatoms. The van der Waals surface area contributed by atoms with Crippen molar-refractivity contribution in [3.63, 3.8) is 0 Å². The largest absolute Gasteiger partial charge is 0.478 e. The molecule has 1 N–H and O–H groups in total. The van der Waals surface area contributed by atoms with E-state index in [0.717, 1.165) is 36.9 Å². The number of pyridine rings is 1. The van der Waals surface area contributed by atoms with E-state index in [-0.39, 0.29) is 0 Å². The van der Waals surface area contributed by atoms with Crippen LogP contribution in [-0.4, -0.2) is 16.1 Å². The Balaban J connectivity index is 2.54. The molecule has 0 amide bonds. The Bertz CT molecular complexity index is 413. The van der Waals surface area contributed by atoms with Crippen LogP contribution in [0.1, 0.15) is 53.4 Å². The van der Waals surface area contributed by atoms with E-state index in [1.807, 2.05) is 6.92 Å². The van der Waals surface area contributed by atoms with Gasteiger partial charge in [0.25, 0.3) is 0 Å². The number of aromatic nitrogens is 1. The maximum atomic E-state index is 11.1. The zero-order valence-electron chi connectivity index (χ0n) is 9.62. The summed E-state index contributed by atoms with van der Waals surface area (Å²) in [5.74, 6) is -0.851. The molecule has 1 aromatic rings. The van der Waals surface area contributed by atoms with Gasteiger partial charge in [-0.3, -0.25) is 4.98 Å². The Morgan fingerprint density at radius 3 is 2.81 bits per heavy atom. The van der Waals surface area contributed by atoms with Gasteiger partial charge in [-0.05, 0) is 43.2 Å². The second-order valence-corrected chi connectivity index (χ2v) is 4.30. The molecule has 1 aliphatic carbocycles. The zero-order valence-corrected chi connectivity index (χ0v) is 9.62. The summed E-state index contributed by atoms with van der Waals surface area (Å²) < 4.78 is 0. The third kappa shape index (κ3) is 1.94. The molecule has 1 aliphatic rings. The molecule has 16 heavy (non-hydrogen) atoms. The van der Waals surface area contributed by atoms with E-state index in [1.54, 1.807) is 0 Å². The van der Waals surface area contributed by atoms with Gasteiger partial charge in [-0.25, -0.2) is 4.79 Å². The fourth-order valence-corrected chi connectivity index (χ4v) is 2.50. The smallest absolute Gasteiger partial charge is 0.337 e. The van der Waals surface area contributed by atoms with Gasteiger partial charge < -0.3 is 5.11 Å². The summed E-state index contributed by atoms with van der Waals surface area (Å²) in [7, 11) is 0. The van der Waals surface area contributed by atoms with Crippen LogP contribution < -0.4 is 0 Å². The van der Waals surface area contributed by atoms with Crippen molar-refractivity contribution in [2.24, 2.45) is 0 Å². The van der Waals surface area contributed by atoms with Crippen LogP contribution >= 0.6 is 0 Å². The van der Waals surface area contributed by atoms with Crippen LogP contribution in [0.25, 0.3) is 0 Å². The molecule has 86 valence electrons. The van der Waals surface area contributed by atoms with E-state index in [9.17, 15) is 4.79 Å². The molecular weight excluding hydrogens is 202 g/mol. The number of hydrogen-bond donors (Lipinski definition) is 1. The first-order valence-electron chi connectivity index (χ1n) is 5.97. The minimum absolute atomic E-state index is 0.392. The van der Waals surface area contributed by atoms with Gasteiger partial charge in [0.2, 0.25) is 0 Å². The highest BCUT2D eigenvalue weighted by molar-refractivity contribution is 5.89. The van der Waals surface area contributed by atoms with E-state index >= 15 is 0 Å². The quantitative estimate of drug-likeness (QED) is 0.778. The first-order valence-corrected chi connectivity index (χ1v) is 5.97. The highest BCUT2D eigenvalue weighted by Gasteiger charge is 2.18. The van der Waals surface area contributed by atoms with Crippen LogP contribution in [0.2, 0.25) is 0 Å². The van der Waals surface area contributed by atoms with Crippen molar-refractivity contribution in [2.45, 2.75) is 45.4 Å². The number of carbonyl (C=O) groups is 1. The topological polar surface area (TPSA) is 50.2 Å². The van der Waals surface area contributed by atoms with Crippen molar-refractivity contribution >= 4 is 5.97 Å². The Kier molecular flexibility index (Phi) is 3.22. The van der Waals surface area contributed by atoms with Crippen molar-refractivity contribution < 1.29 is 9.90 Å². The molecule has 0 unspecified atom stereocenters. The summed E-state index contributed by atoms with van der Waals surface area (Å²) in [5.41, 5.74) is 3.72. The van der Waals surface area contributed by atoms with Gasteiger partial charge in [0.1, 0.15) is 0 Å². The number of rotatable bonds is 2. The average molecular weight is 219 g/mol. The summed E-state index contributed by atoms with van der Waals surface area (Å²) in [6.07, 6.45) is 7.87. The van der Waals surface area contributed by atoms with Crippen LogP contribution in [0.5, 0.6) is 0 Å². The Labute approximate surface area is 95.5 Å². The molecule has 0 aromatic carbocycles. The summed E-state index contributed by atoms with van der Waals surface area (Å²) in [6.45, 7) is 2.02. The third-order valence-corrected chi connectivity index (χ3v) is 3.31. The average Bonchev–Trinajstić information content (AvgIpc) is 2.52. The maximum Gasteiger partial charge on any atom is 0.337 e. The SMILES string of the molecule is CCc1c(C(=O)O)cnc2c1CCCCC2. The number of aryl methyl sites for hydroxylation is 1. The maximum absolute atomic E-state index is 11.1. The van der Waals surface area contributed by atoms with Crippen molar-refractivity contribution in [3.05, 3.63) is 28.6 Å². The summed E-state index contributed by atoms with van der Waals surface area (Å²) in [5, 5.41) is 9.13. The molecular formula is C13H17NO2. The van der Waals surface area contributed by atoms with Gasteiger partial charge in [-0.2, -0.15) is 0 Å². The van der Waals surface area contributed by atoms with Gasteiger partial charge in [-0.1, -0.05) is 13.3 Å². The number of hydrogen-bond acceptors (Lipinski definition) is 2. The summed E-state index contributed by atoms with van der Waals surface area (Å²) >= 11 is 0. The van der Waals surface area contributed by atoms with Crippen LogP contribution in [0.3, 0.4) is 0 Å². The number of carboxylic acids is 1. The molecule has 0 bridgehead atoms. The van der Waals surface area contributed by atoms with Crippen molar-refractivity contribution in [1.82, 2.24) is 4.98 Å². The van der Waals surface area contributed by atoms with Gasteiger partial charge in [0.05, 0.1) is 5.56 Å². The van der Waals surface area contributed by atoms with Gasteiger partial charge in [0, 0.05) is 11.9 Å². The lowest BCUT2D eigenvalue weighted by Gasteiger charge is -2.12. The molecule has 3 nitrogen and oxygen atoms in total. The number of nitrogens with zero attached hydrogens (tertiary/aromatic N) is 1. The van der Waals surface area contributed by atoms with Crippen LogP contribution in [-0.2, 0) is 19.3 Å². The predicted molar refractivity (Wildman–Crippen MR) is 61.8 cm³/mol. The predicted octanol–water partition coefficient (Wildman–Crippen LogP) is 2.61. The van der Waals surface area contributed by atoms with Crippen molar-refractivity contribution in [3.8, 4) is 0 Å². The molecule has 1 aromatic heterocycles. The zero-order chi connectivity index (χ0) is 11.5. The van der Waals surface area contributed by atoms with Gasteiger partial charge in [0.15, 0.2) is 0 Å². The molecule has 0 fully saturated rings. The first-order chi connectivity index (χ1) is 7.74. The number of aromatic carboxylic acids is 1. The molecule has 2 rings (SSSR count). The lowest BCUT2D eigenvalue weighted by atomic mass is 9.96. The second kappa shape index (κ2) is 4.64. The minimum Gasteiger partial charge on any atom is -0.478 e. The molecule has 0 radical (unpaired) electrons. The Hall–Kier alpha value is -1.38. The lowest BCUT2D eigenvalue weighted by Crippen LogP contribution is -2.09. The number of carboxylic acid groups (broad SMARTS) is 1. The van der Waals surface area contributed by atoms with Crippen LogP contribution in [0.15, 0.2) is 6.20 Å². The summed E-state index contributed by atoms with van der Waals surface area (Å²) in [4.78, 5) is 15.4. The monoisotopic (exact) mass is 219 g/mol. The van der Waals surface area contributed by atoms with Crippen LogP contribution in [0.4, 0.5) is 0 Å². The van der Waals surface area contributed by atoms with E-state index in [2.05, 4.69) is 4.98 Å². The normalized spacial score (nSPS) is 15.3. The van der Waals surface area contributed by atoms with E-state index < -0.39 is 5.97 Å². The summed E-state index contributed by atoms with van der Waals surface area (Å²) in [6, 6.07) is 0. The first kappa shape index (κ1) is 11.1. The van der Waals surface area contributed by atoms with E-state index in [1.165, 1.54) is 24.6 Å². The van der Waals surface area contributed by atoms with Crippen molar-refractivity contribution in [2.75, 3.05) is 0 Å². The molecule has 0 saturated heterocycles. The van der Waals surface area contributed by atoms with E-state index in [0.29, 0.717) is 5.56 Å². The van der Waals surface area contributed by atoms with Gasteiger partial charge in [-0.15, -0.1) is 0 Å². The third-order valence-electron chi connectivity index (χ3n) is 3.31. The lowest BCUT2D eigenvalue weighted by molar-refractivity contribution is 0.0695. The fourth-order valence-electron chi connectivity index (χ4n) is 2.50. The standard InChI is InChI=1S/C13H17NO2/c1-2-9-10-6-4-3-5-7-12(10)14-8-11(9)13(15)16/h8H,2-7H2,1H3,(H,15,16). The molecule has 1 heterocycles. The van der Waals surface area contributed by atoms with E-state index in [4.69, 9.17) is 5.11 Å².